The lowest BCUT2D eigenvalue weighted by molar-refractivity contribution is 1.08. The first-order valence-electron chi connectivity index (χ1n) is 22.7. The maximum atomic E-state index is 5.33. The van der Waals surface area contributed by atoms with Gasteiger partial charge in [0.15, 0.2) is 17.5 Å². The Morgan fingerprint density at radius 2 is 0.746 bits per heavy atom. The quantitative estimate of drug-likeness (QED) is 0.160. The van der Waals surface area contributed by atoms with Gasteiger partial charge in [-0.25, -0.2) is 15.0 Å². The van der Waals surface area contributed by atoms with Crippen LogP contribution in [0.3, 0.4) is 0 Å². The molecule has 0 amide bonds. The van der Waals surface area contributed by atoms with Gasteiger partial charge in [-0.1, -0.05) is 206 Å². The molecule has 2 aromatic heterocycles. The van der Waals surface area contributed by atoms with Gasteiger partial charge in [0, 0.05) is 36.9 Å². The van der Waals surface area contributed by atoms with Gasteiger partial charge in [-0.2, -0.15) is 0 Å². The summed E-state index contributed by atoms with van der Waals surface area (Å²) in [4.78, 5) is 15.9. The number of aromatic nitrogens is 3. The van der Waals surface area contributed by atoms with Crippen LogP contribution < -0.4 is 0 Å². The van der Waals surface area contributed by atoms with E-state index in [-0.39, 0.29) is 0 Å². The summed E-state index contributed by atoms with van der Waals surface area (Å²) in [5.74, 6) is 1.87. The van der Waals surface area contributed by atoms with Crippen molar-refractivity contribution in [3.05, 3.63) is 237 Å². The highest BCUT2D eigenvalue weighted by Gasteiger charge is 2.19. The summed E-state index contributed by atoms with van der Waals surface area (Å²) in [6.07, 6.45) is 0. The van der Waals surface area contributed by atoms with E-state index in [0.717, 1.165) is 44.2 Å². The van der Waals surface area contributed by atoms with Crippen LogP contribution in [0, 0.1) is 0 Å². The minimum atomic E-state index is 0.621. The molecule has 3 nitrogen and oxygen atoms in total. The number of hydrogen-bond donors (Lipinski definition) is 0. The minimum Gasteiger partial charge on any atom is -0.208 e. The highest BCUT2D eigenvalue weighted by molar-refractivity contribution is 7.25. The van der Waals surface area contributed by atoms with Crippen LogP contribution >= 0.6 is 11.3 Å². The van der Waals surface area contributed by atoms with Crippen molar-refractivity contribution >= 4 is 63.8 Å². The van der Waals surface area contributed by atoms with Crippen molar-refractivity contribution in [3.63, 3.8) is 0 Å². The highest BCUT2D eigenvalue weighted by atomic mass is 32.1. The average molecular weight is 870 g/mol. The number of benzene rings is 11. The Morgan fingerprint density at radius 3 is 1.55 bits per heavy atom. The monoisotopic (exact) mass is 869 g/mol. The number of fused-ring (bicyclic) bond motifs is 6. The molecule has 312 valence electrons. The first-order chi connectivity index (χ1) is 33.2. The third kappa shape index (κ3) is 6.94. The molecule has 13 aromatic rings. The Labute approximate surface area is 392 Å². The van der Waals surface area contributed by atoms with Gasteiger partial charge in [-0.3, -0.25) is 0 Å². The molecule has 0 bridgehead atoms. The van der Waals surface area contributed by atoms with Gasteiger partial charge in [0.1, 0.15) is 0 Å². The second-order valence-electron chi connectivity index (χ2n) is 17.1. The molecular weight excluding hydrogens is 831 g/mol. The van der Waals surface area contributed by atoms with Crippen LogP contribution in [0.4, 0.5) is 0 Å². The zero-order valence-corrected chi connectivity index (χ0v) is 37.1. The van der Waals surface area contributed by atoms with Crippen LogP contribution in [-0.4, -0.2) is 15.0 Å². The second-order valence-corrected chi connectivity index (χ2v) is 18.2. The number of rotatable bonds is 7. The number of thiophene rings is 1. The fraction of sp³-hybridized carbons (Fsp3) is 0. The van der Waals surface area contributed by atoms with Gasteiger partial charge in [0.05, 0.1) is 0 Å². The molecule has 67 heavy (non-hydrogen) atoms. The van der Waals surface area contributed by atoms with E-state index in [9.17, 15) is 0 Å². The molecule has 0 radical (unpaired) electrons. The number of hydrogen-bond acceptors (Lipinski definition) is 4. The molecule has 0 saturated heterocycles. The summed E-state index contributed by atoms with van der Waals surface area (Å²) in [5.41, 5.74) is 12.2. The zero-order valence-electron chi connectivity index (χ0n) is 36.3. The first-order valence-corrected chi connectivity index (χ1v) is 23.5. The summed E-state index contributed by atoms with van der Waals surface area (Å²) in [6.45, 7) is 0. The summed E-state index contributed by atoms with van der Waals surface area (Å²) in [7, 11) is 0. The van der Waals surface area contributed by atoms with Crippen LogP contribution in [0.15, 0.2) is 237 Å². The highest BCUT2D eigenvalue weighted by Crippen LogP contribution is 2.43. The first kappa shape index (κ1) is 38.9. The van der Waals surface area contributed by atoms with E-state index in [0.29, 0.717) is 17.5 Å². The molecule has 0 aliphatic rings. The average Bonchev–Trinajstić information content (AvgIpc) is 3.79. The van der Waals surface area contributed by atoms with Crippen molar-refractivity contribution in [2.45, 2.75) is 0 Å². The van der Waals surface area contributed by atoms with Crippen molar-refractivity contribution in [2.75, 3.05) is 0 Å². The van der Waals surface area contributed by atoms with E-state index in [1.807, 2.05) is 11.3 Å². The maximum absolute atomic E-state index is 5.33. The Balaban J connectivity index is 0.935. The molecule has 0 spiro atoms. The normalized spacial score (nSPS) is 11.6. The van der Waals surface area contributed by atoms with Crippen molar-refractivity contribution in [3.8, 4) is 78.7 Å². The van der Waals surface area contributed by atoms with Gasteiger partial charge in [0.25, 0.3) is 0 Å². The van der Waals surface area contributed by atoms with Crippen molar-refractivity contribution in [1.82, 2.24) is 15.0 Å². The van der Waals surface area contributed by atoms with E-state index in [1.165, 1.54) is 69.5 Å². The van der Waals surface area contributed by atoms with E-state index < -0.39 is 0 Å². The summed E-state index contributed by atoms with van der Waals surface area (Å²) in [6, 6.07) is 84.8. The van der Waals surface area contributed by atoms with Crippen molar-refractivity contribution in [1.29, 1.82) is 0 Å². The Kier molecular flexibility index (Phi) is 9.36. The second kappa shape index (κ2) is 16.1. The lowest BCUT2D eigenvalue weighted by Gasteiger charge is -2.14. The molecule has 0 saturated carbocycles. The molecular formula is C63H39N3S. The lowest BCUT2D eigenvalue weighted by Crippen LogP contribution is -2.01. The van der Waals surface area contributed by atoms with Crippen molar-refractivity contribution in [2.24, 2.45) is 0 Å². The Morgan fingerprint density at radius 1 is 0.239 bits per heavy atom. The third-order valence-corrected chi connectivity index (χ3v) is 14.3. The molecule has 0 aliphatic heterocycles. The van der Waals surface area contributed by atoms with Gasteiger partial charge in [-0.05, 0) is 107 Å². The van der Waals surface area contributed by atoms with E-state index in [1.54, 1.807) is 0 Å². The van der Waals surface area contributed by atoms with Gasteiger partial charge < -0.3 is 0 Å². The molecule has 11 aromatic carbocycles. The topological polar surface area (TPSA) is 38.7 Å². The fourth-order valence-electron chi connectivity index (χ4n) is 9.82. The standard InChI is InChI=1S/C63H39N3S/c1-2-14-46-38-48(35-30-40(46)12-1)42-28-26-41(27-29-42)47-16-9-17-49(39-47)62-64-61(45-33-31-44(32-34-45)51-22-10-15-43-13-3-4-18-50(43)51)65-63(66-62)56-37-36-54(52-19-5-6-20-53(52)56)55-23-11-25-59-60(55)57-21-7-8-24-58(57)67-59/h1-39H. The Bertz CT molecular complexity index is 4030. The van der Waals surface area contributed by atoms with Gasteiger partial charge >= 0.3 is 0 Å². The number of nitrogens with zero attached hydrogens (tertiary/aromatic N) is 3. The van der Waals surface area contributed by atoms with Crippen LogP contribution in [0.5, 0.6) is 0 Å². The third-order valence-electron chi connectivity index (χ3n) is 13.2. The van der Waals surface area contributed by atoms with Gasteiger partial charge in [-0.15, -0.1) is 11.3 Å². The minimum absolute atomic E-state index is 0.621. The molecule has 4 heteroatoms. The van der Waals surface area contributed by atoms with E-state index >= 15 is 0 Å². The molecule has 0 N–H and O–H groups in total. The molecule has 13 rings (SSSR count). The van der Waals surface area contributed by atoms with E-state index in [4.69, 9.17) is 15.0 Å². The molecule has 0 unspecified atom stereocenters. The van der Waals surface area contributed by atoms with Crippen LogP contribution in [0.25, 0.3) is 131 Å². The smallest absolute Gasteiger partial charge is 0.164 e. The van der Waals surface area contributed by atoms with Crippen LogP contribution in [0.2, 0.25) is 0 Å². The van der Waals surface area contributed by atoms with Gasteiger partial charge in [0.2, 0.25) is 0 Å². The van der Waals surface area contributed by atoms with Crippen LogP contribution in [-0.2, 0) is 0 Å². The summed E-state index contributed by atoms with van der Waals surface area (Å²) >= 11 is 1.85. The largest absolute Gasteiger partial charge is 0.208 e. The molecule has 2 heterocycles. The zero-order chi connectivity index (χ0) is 44.3. The van der Waals surface area contributed by atoms with E-state index in [2.05, 4.69) is 237 Å². The lowest BCUT2D eigenvalue weighted by atomic mass is 9.92. The SMILES string of the molecule is c1cc(-c2ccc(-c3ccc4ccccc4c3)cc2)cc(-c2nc(-c3ccc(-c4cccc5ccccc45)cc3)nc(-c3ccc(-c4cccc5sc6ccccc6c45)c4ccccc34)n2)c1. The summed E-state index contributed by atoms with van der Waals surface area (Å²) < 4.78 is 2.58. The maximum Gasteiger partial charge on any atom is 0.164 e. The molecule has 0 atom stereocenters. The molecule has 0 aliphatic carbocycles. The predicted octanol–water partition coefficient (Wildman–Crippen LogP) is 17.4. The summed E-state index contributed by atoms with van der Waals surface area (Å²) in [5, 5.41) is 9.75. The predicted molar refractivity (Wildman–Crippen MR) is 283 cm³/mol. The van der Waals surface area contributed by atoms with Crippen molar-refractivity contribution < 1.29 is 0 Å². The Hall–Kier alpha value is -8.57. The fourth-order valence-corrected chi connectivity index (χ4v) is 11.0. The molecule has 0 fully saturated rings. The van der Waals surface area contributed by atoms with Crippen LogP contribution in [0.1, 0.15) is 0 Å².